The second-order valence-corrected chi connectivity index (χ2v) is 6.87. The quantitative estimate of drug-likeness (QED) is 0.594. The van der Waals surface area contributed by atoms with Crippen LogP contribution in [0.3, 0.4) is 0 Å². The fraction of sp³-hybridized carbons (Fsp3) is 0.150. The van der Waals surface area contributed by atoms with Crippen molar-refractivity contribution in [3.63, 3.8) is 0 Å². The van der Waals surface area contributed by atoms with Gasteiger partial charge in [0, 0.05) is 24.8 Å². The largest absolute Gasteiger partial charge is 0.347 e. The molecular formula is C20H17ClN4O2. The van der Waals surface area contributed by atoms with Gasteiger partial charge in [0.05, 0.1) is 5.39 Å². The minimum atomic E-state index is -0.268. The molecular weight excluding hydrogens is 364 g/mol. The first-order valence-corrected chi connectivity index (χ1v) is 8.83. The lowest BCUT2D eigenvalue weighted by Gasteiger charge is -2.07. The van der Waals surface area contributed by atoms with Gasteiger partial charge in [0.2, 0.25) is 0 Å². The number of hydrogen-bond acceptors (Lipinski definition) is 3. The molecule has 1 N–H and O–H groups in total. The van der Waals surface area contributed by atoms with Crippen LogP contribution < -0.4 is 10.9 Å². The Labute approximate surface area is 160 Å². The van der Waals surface area contributed by atoms with E-state index in [2.05, 4.69) is 10.3 Å². The molecule has 0 saturated carbocycles. The number of carbonyl (C=O) groups is 1. The first kappa shape index (κ1) is 17.3. The molecule has 0 unspecified atom stereocenters. The van der Waals surface area contributed by atoms with E-state index >= 15 is 0 Å². The van der Waals surface area contributed by atoms with E-state index in [9.17, 15) is 9.59 Å². The molecule has 27 heavy (non-hydrogen) atoms. The van der Waals surface area contributed by atoms with E-state index in [0.29, 0.717) is 33.9 Å². The van der Waals surface area contributed by atoms with E-state index in [1.807, 2.05) is 25.1 Å². The van der Waals surface area contributed by atoms with Gasteiger partial charge >= 0.3 is 0 Å². The number of carbonyl (C=O) groups excluding carboxylic acids is 1. The van der Waals surface area contributed by atoms with E-state index in [4.69, 9.17) is 11.6 Å². The molecule has 1 amide bonds. The number of nitrogens with one attached hydrogen (secondary N) is 1. The van der Waals surface area contributed by atoms with Gasteiger partial charge in [0.15, 0.2) is 0 Å². The van der Waals surface area contributed by atoms with Gasteiger partial charge in [0.1, 0.15) is 17.0 Å². The fourth-order valence-corrected chi connectivity index (χ4v) is 3.25. The lowest BCUT2D eigenvalue weighted by molar-refractivity contribution is 0.0943. The number of benzene rings is 1. The maximum absolute atomic E-state index is 12.8. The number of fused-ring (bicyclic) bond motifs is 2. The van der Waals surface area contributed by atoms with Crippen LogP contribution in [0.4, 0.5) is 0 Å². The zero-order valence-corrected chi connectivity index (χ0v) is 15.6. The minimum Gasteiger partial charge on any atom is -0.347 e. The van der Waals surface area contributed by atoms with Gasteiger partial charge in [-0.2, -0.15) is 0 Å². The van der Waals surface area contributed by atoms with Crippen molar-refractivity contribution in [2.24, 2.45) is 7.05 Å². The Morgan fingerprint density at radius 2 is 1.93 bits per heavy atom. The molecule has 0 fully saturated rings. The van der Waals surface area contributed by atoms with E-state index in [1.54, 1.807) is 42.1 Å². The molecule has 0 atom stereocenters. The molecule has 6 nitrogen and oxygen atoms in total. The summed E-state index contributed by atoms with van der Waals surface area (Å²) in [6.07, 6.45) is 1.68. The number of pyridine rings is 1. The van der Waals surface area contributed by atoms with Crippen molar-refractivity contribution < 1.29 is 4.79 Å². The lowest BCUT2D eigenvalue weighted by Crippen LogP contribution is -2.24. The Balaban J connectivity index is 1.72. The molecule has 0 bridgehead atoms. The van der Waals surface area contributed by atoms with Crippen molar-refractivity contribution in [2.45, 2.75) is 13.5 Å². The summed E-state index contributed by atoms with van der Waals surface area (Å²) < 4.78 is 3.16. The highest BCUT2D eigenvalue weighted by Crippen LogP contribution is 2.16. The van der Waals surface area contributed by atoms with Crippen LogP contribution in [-0.4, -0.2) is 19.9 Å². The summed E-state index contributed by atoms with van der Waals surface area (Å²) >= 11 is 5.88. The Hall–Kier alpha value is -3.12. The standard InChI is InChI=1S/C20H17ClN4O2/c1-12-4-3-9-25-17(12)23-18-15(20(25)27)10-16(24(18)2)19(26)22-11-13-5-7-14(21)8-6-13/h3-10H,11H2,1-2H3,(H,22,26). The smallest absolute Gasteiger partial charge is 0.268 e. The van der Waals surface area contributed by atoms with Crippen LogP contribution in [0.5, 0.6) is 0 Å². The molecule has 1 aromatic carbocycles. The molecule has 4 aromatic rings. The number of aromatic nitrogens is 3. The summed E-state index contributed by atoms with van der Waals surface area (Å²) in [6.45, 7) is 2.27. The first-order valence-electron chi connectivity index (χ1n) is 8.46. The molecule has 0 aliphatic heterocycles. The third-order valence-electron chi connectivity index (χ3n) is 4.62. The molecule has 0 spiro atoms. The van der Waals surface area contributed by atoms with Crippen molar-refractivity contribution in [2.75, 3.05) is 0 Å². The third kappa shape index (κ3) is 2.98. The minimum absolute atomic E-state index is 0.189. The number of halogens is 1. The lowest BCUT2D eigenvalue weighted by atomic mass is 10.2. The molecule has 0 radical (unpaired) electrons. The molecule has 7 heteroatoms. The van der Waals surface area contributed by atoms with Gasteiger partial charge in [-0.05, 0) is 42.3 Å². The summed E-state index contributed by atoms with van der Waals surface area (Å²) in [5.41, 5.74) is 3.11. The molecule has 0 aliphatic rings. The highest BCUT2D eigenvalue weighted by Gasteiger charge is 2.18. The second kappa shape index (κ2) is 6.55. The Morgan fingerprint density at radius 3 is 2.67 bits per heavy atom. The predicted octanol–water partition coefficient (Wildman–Crippen LogP) is 3.08. The number of rotatable bonds is 3. The fourth-order valence-electron chi connectivity index (χ4n) is 3.12. The van der Waals surface area contributed by atoms with E-state index < -0.39 is 0 Å². The van der Waals surface area contributed by atoms with Gasteiger partial charge in [-0.15, -0.1) is 0 Å². The predicted molar refractivity (Wildman–Crippen MR) is 105 cm³/mol. The van der Waals surface area contributed by atoms with Crippen LogP contribution in [0.15, 0.2) is 53.5 Å². The van der Waals surface area contributed by atoms with Gasteiger partial charge in [-0.25, -0.2) is 4.98 Å². The van der Waals surface area contributed by atoms with Crippen molar-refractivity contribution in [3.8, 4) is 0 Å². The van der Waals surface area contributed by atoms with Gasteiger partial charge in [-0.3, -0.25) is 14.0 Å². The third-order valence-corrected chi connectivity index (χ3v) is 4.88. The van der Waals surface area contributed by atoms with E-state index in [-0.39, 0.29) is 11.5 Å². The van der Waals surface area contributed by atoms with Crippen molar-refractivity contribution in [3.05, 3.63) is 80.9 Å². The molecule has 0 aliphatic carbocycles. The van der Waals surface area contributed by atoms with Crippen molar-refractivity contribution in [1.82, 2.24) is 19.3 Å². The van der Waals surface area contributed by atoms with Crippen LogP contribution in [0.25, 0.3) is 16.7 Å². The van der Waals surface area contributed by atoms with Crippen LogP contribution >= 0.6 is 11.6 Å². The van der Waals surface area contributed by atoms with Crippen molar-refractivity contribution in [1.29, 1.82) is 0 Å². The summed E-state index contributed by atoms with van der Waals surface area (Å²) in [4.78, 5) is 30.1. The molecule has 4 rings (SSSR count). The van der Waals surface area contributed by atoms with Gasteiger partial charge < -0.3 is 9.88 Å². The van der Waals surface area contributed by atoms with Crippen LogP contribution in [0.2, 0.25) is 5.02 Å². The van der Waals surface area contributed by atoms with E-state index in [1.165, 1.54) is 4.40 Å². The highest BCUT2D eigenvalue weighted by atomic mass is 35.5. The Kier molecular flexibility index (Phi) is 4.20. The average Bonchev–Trinajstić information content (AvgIpc) is 2.99. The summed E-state index contributed by atoms with van der Waals surface area (Å²) in [6, 6.07) is 12.6. The molecule has 3 heterocycles. The summed E-state index contributed by atoms with van der Waals surface area (Å²) in [7, 11) is 1.74. The van der Waals surface area contributed by atoms with Crippen LogP contribution in [0, 0.1) is 6.92 Å². The normalized spacial score (nSPS) is 11.2. The topological polar surface area (TPSA) is 68.4 Å². The Bertz CT molecular complexity index is 1240. The number of hydrogen-bond donors (Lipinski definition) is 1. The van der Waals surface area contributed by atoms with Gasteiger partial charge in [-0.1, -0.05) is 29.8 Å². The van der Waals surface area contributed by atoms with Gasteiger partial charge in [0.25, 0.3) is 11.5 Å². The maximum Gasteiger partial charge on any atom is 0.268 e. The Morgan fingerprint density at radius 1 is 1.19 bits per heavy atom. The van der Waals surface area contributed by atoms with E-state index in [0.717, 1.165) is 11.1 Å². The summed E-state index contributed by atoms with van der Waals surface area (Å²) in [5.74, 6) is -0.268. The summed E-state index contributed by atoms with van der Waals surface area (Å²) in [5, 5.41) is 3.93. The van der Waals surface area contributed by atoms with Crippen LogP contribution in [0.1, 0.15) is 21.6 Å². The zero-order valence-electron chi connectivity index (χ0n) is 14.9. The highest BCUT2D eigenvalue weighted by molar-refractivity contribution is 6.30. The second-order valence-electron chi connectivity index (χ2n) is 6.44. The van der Waals surface area contributed by atoms with Crippen molar-refractivity contribution >= 4 is 34.2 Å². The number of amides is 1. The first-order chi connectivity index (χ1) is 13.0. The molecule has 136 valence electrons. The number of aryl methyl sites for hydroxylation is 2. The number of nitrogens with zero attached hydrogens (tertiary/aromatic N) is 3. The average molecular weight is 381 g/mol. The maximum atomic E-state index is 12.8. The monoisotopic (exact) mass is 380 g/mol. The van der Waals surface area contributed by atoms with Crippen LogP contribution in [-0.2, 0) is 13.6 Å². The zero-order chi connectivity index (χ0) is 19.1. The SMILES string of the molecule is Cc1cccn2c(=O)c3cc(C(=O)NCc4ccc(Cl)cc4)n(C)c3nc12. The molecule has 0 saturated heterocycles. The molecule has 3 aromatic heterocycles.